The first kappa shape index (κ1) is 31.5. The number of hydrogen-bond acceptors (Lipinski definition) is 13. The number of carbonyl (C=O) groups excluding carboxylic acids is 4. The lowest BCUT2D eigenvalue weighted by atomic mass is 9.97. The molecule has 15 nitrogen and oxygen atoms in total. The minimum absolute atomic E-state index is 0.186. The van der Waals surface area contributed by atoms with Gasteiger partial charge >= 0.3 is 29.6 Å². The fourth-order valence-electron chi connectivity index (χ4n) is 4.16. The molecular weight excluding hydrogens is 614 g/mol. The molecule has 3 rings (SSSR count). The predicted octanol–water partition coefficient (Wildman–Crippen LogP) is 0.480. The number of rotatable bonds is 9. The number of methoxy groups -OCH3 is 1. The molecule has 0 aliphatic carbocycles. The van der Waals surface area contributed by atoms with E-state index in [-0.39, 0.29) is 6.54 Å². The zero-order valence-electron chi connectivity index (χ0n) is 22.7. The Morgan fingerprint density at radius 3 is 2.10 bits per heavy atom. The van der Waals surface area contributed by atoms with Crippen LogP contribution in [0.4, 0.5) is 0 Å². The van der Waals surface area contributed by atoms with E-state index in [0.29, 0.717) is 15.8 Å². The zero-order valence-corrected chi connectivity index (χ0v) is 24.3. The Morgan fingerprint density at radius 2 is 1.54 bits per heavy atom. The third kappa shape index (κ3) is 7.79. The van der Waals surface area contributed by atoms with Gasteiger partial charge < -0.3 is 28.4 Å². The molecule has 1 aromatic carbocycles. The fraction of sp³-hybridized carbons (Fsp3) is 0.480. The molecule has 41 heavy (non-hydrogen) atoms. The van der Waals surface area contributed by atoms with Gasteiger partial charge in [-0.15, -0.1) is 0 Å². The first-order valence-corrected chi connectivity index (χ1v) is 12.9. The number of halogens is 1. The van der Waals surface area contributed by atoms with Crippen molar-refractivity contribution in [1.82, 2.24) is 14.3 Å². The molecule has 1 aliphatic heterocycles. The van der Waals surface area contributed by atoms with E-state index in [1.165, 1.54) is 7.11 Å². The molecule has 5 atom stereocenters. The largest absolute Gasteiger partial charge is 0.496 e. The molecule has 2 heterocycles. The average Bonchev–Trinajstić information content (AvgIpc) is 2.87. The Morgan fingerprint density at radius 1 is 0.927 bits per heavy atom. The Hall–Kier alpha value is -4.05. The van der Waals surface area contributed by atoms with Crippen molar-refractivity contribution in [3.05, 3.63) is 55.3 Å². The van der Waals surface area contributed by atoms with Crippen LogP contribution in [0.15, 0.2) is 38.5 Å². The molecule has 16 heteroatoms. The molecule has 222 valence electrons. The quantitative estimate of drug-likeness (QED) is 0.273. The molecule has 1 saturated heterocycles. The van der Waals surface area contributed by atoms with Crippen LogP contribution in [0.5, 0.6) is 5.75 Å². The topological polar surface area (TPSA) is 181 Å². The van der Waals surface area contributed by atoms with Crippen molar-refractivity contribution >= 4 is 39.8 Å². The Bertz CT molecular complexity index is 1440. The minimum atomic E-state index is -1.61. The summed E-state index contributed by atoms with van der Waals surface area (Å²) in [6, 6.07) is 4.95. The summed E-state index contributed by atoms with van der Waals surface area (Å²) in [7, 11) is 1.49. The molecule has 0 bridgehead atoms. The summed E-state index contributed by atoms with van der Waals surface area (Å²) in [5, 5.41) is 3.90. The molecule has 1 fully saturated rings. The van der Waals surface area contributed by atoms with E-state index in [4.69, 9.17) is 28.4 Å². The number of esters is 4. The van der Waals surface area contributed by atoms with E-state index in [1.54, 1.807) is 18.2 Å². The average molecular weight is 642 g/mol. The second-order valence-corrected chi connectivity index (χ2v) is 9.71. The van der Waals surface area contributed by atoms with Crippen molar-refractivity contribution in [2.45, 2.75) is 64.9 Å². The lowest BCUT2D eigenvalue weighted by Gasteiger charge is -2.44. The van der Waals surface area contributed by atoms with Gasteiger partial charge in [0.2, 0.25) is 0 Å². The third-order valence-corrected chi connectivity index (χ3v) is 6.37. The number of benzene rings is 1. The second-order valence-electron chi connectivity index (χ2n) is 8.85. The summed E-state index contributed by atoms with van der Waals surface area (Å²) < 4.78 is 34.5. The SMILES string of the molecule is COc1ccc(Cn2c(=O)cnn([C@H]3O[C@@H](COC(C)=O)[C@@H](OC(C)=O)[C@H](OC(C)=O)[C@H]3OC(C)=O)c2=O)cc1Br. The van der Waals surface area contributed by atoms with Crippen molar-refractivity contribution in [2.75, 3.05) is 13.7 Å². The van der Waals surface area contributed by atoms with Crippen LogP contribution in [0.1, 0.15) is 39.5 Å². The van der Waals surface area contributed by atoms with Gasteiger partial charge in [0.25, 0.3) is 5.56 Å². The van der Waals surface area contributed by atoms with Crippen LogP contribution in [-0.2, 0) is 49.4 Å². The normalized spacial score (nSPS) is 21.9. The van der Waals surface area contributed by atoms with Gasteiger partial charge in [-0.25, -0.2) is 4.79 Å². The molecule has 0 saturated carbocycles. The van der Waals surface area contributed by atoms with Crippen LogP contribution in [0, 0.1) is 0 Å². The van der Waals surface area contributed by atoms with E-state index >= 15 is 0 Å². The van der Waals surface area contributed by atoms with Crippen molar-refractivity contribution < 1.29 is 47.6 Å². The molecule has 0 unspecified atom stereocenters. The fourth-order valence-corrected chi connectivity index (χ4v) is 4.75. The molecule has 0 radical (unpaired) electrons. The van der Waals surface area contributed by atoms with Crippen LogP contribution in [0.2, 0.25) is 0 Å². The number of ether oxygens (including phenoxy) is 6. The Labute approximate surface area is 241 Å². The number of hydrogen-bond donors (Lipinski definition) is 0. The van der Waals surface area contributed by atoms with Gasteiger partial charge in [0.05, 0.1) is 18.1 Å². The summed E-state index contributed by atoms with van der Waals surface area (Å²) in [4.78, 5) is 74.0. The van der Waals surface area contributed by atoms with E-state index in [9.17, 15) is 28.8 Å². The summed E-state index contributed by atoms with van der Waals surface area (Å²) in [6.45, 7) is 3.66. The van der Waals surface area contributed by atoms with Gasteiger partial charge in [0.1, 0.15) is 24.7 Å². The monoisotopic (exact) mass is 641 g/mol. The number of nitrogens with zero attached hydrogens (tertiary/aromatic N) is 3. The first-order valence-electron chi connectivity index (χ1n) is 12.1. The highest BCUT2D eigenvalue weighted by Gasteiger charge is 2.53. The Kier molecular flexibility index (Phi) is 10.4. The van der Waals surface area contributed by atoms with E-state index in [1.807, 2.05) is 0 Å². The maximum atomic E-state index is 13.6. The standard InChI is InChI=1S/C25H28BrN3O12/c1-12(30)37-11-19-21(38-13(2)31)22(39-14(3)32)23(40-15(4)33)24(41-19)29-25(35)28(20(34)9-27-29)10-16-6-7-18(36-5)17(26)8-16/h6-9,19,21-24H,10-11H2,1-5H3/t19-,21+,22-,23+,24-/m0/s1. The lowest BCUT2D eigenvalue weighted by Crippen LogP contribution is -2.62. The van der Waals surface area contributed by atoms with Gasteiger partial charge in [-0.3, -0.25) is 28.5 Å². The smallest absolute Gasteiger partial charge is 0.350 e. The highest BCUT2D eigenvalue weighted by atomic mass is 79.9. The van der Waals surface area contributed by atoms with E-state index < -0.39 is 72.4 Å². The molecule has 2 aromatic rings. The van der Waals surface area contributed by atoms with Crippen LogP contribution >= 0.6 is 15.9 Å². The number of carbonyl (C=O) groups is 4. The summed E-state index contributed by atoms with van der Waals surface area (Å²) in [5.41, 5.74) is -1.16. The molecule has 0 spiro atoms. The van der Waals surface area contributed by atoms with Crippen molar-refractivity contribution in [3.8, 4) is 5.75 Å². The van der Waals surface area contributed by atoms with Gasteiger partial charge in [0.15, 0.2) is 24.5 Å². The Balaban J connectivity index is 2.14. The van der Waals surface area contributed by atoms with Crippen molar-refractivity contribution in [3.63, 3.8) is 0 Å². The van der Waals surface area contributed by atoms with Crippen LogP contribution in [0.3, 0.4) is 0 Å². The number of aromatic nitrogens is 3. The van der Waals surface area contributed by atoms with E-state index in [2.05, 4.69) is 21.0 Å². The third-order valence-electron chi connectivity index (χ3n) is 5.75. The molecule has 0 N–H and O–H groups in total. The van der Waals surface area contributed by atoms with Crippen molar-refractivity contribution in [2.24, 2.45) is 0 Å². The van der Waals surface area contributed by atoms with E-state index in [0.717, 1.165) is 43.1 Å². The first-order chi connectivity index (χ1) is 19.3. The highest BCUT2D eigenvalue weighted by molar-refractivity contribution is 9.10. The zero-order chi connectivity index (χ0) is 30.4. The summed E-state index contributed by atoms with van der Waals surface area (Å²) in [5.74, 6) is -2.67. The van der Waals surface area contributed by atoms with Gasteiger partial charge in [-0.05, 0) is 33.6 Å². The maximum absolute atomic E-state index is 13.6. The minimum Gasteiger partial charge on any atom is -0.496 e. The van der Waals surface area contributed by atoms with Gasteiger partial charge in [-0.1, -0.05) is 6.07 Å². The van der Waals surface area contributed by atoms with Gasteiger partial charge in [-0.2, -0.15) is 9.78 Å². The maximum Gasteiger partial charge on any atom is 0.350 e. The van der Waals surface area contributed by atoms with Crippen LogP contribution < -0.4 is 16.0 Å². The summed E-state index contributed by atoms with van der Waals surface area (Å²) >= 11 is 3.36. The molecule has 1 aromatic heterocycles. The predicted molar refractivity (Wildman–Crippen MR) is 140 cm³/mol. The lowest BCUT2D eigenvalue weighted by molar-refractivity contribution is -0.271. The molecule has 1 aliphatic rings. The molecule has 0 amide bonds. The van der Waals surface area contributed by atoms with Crippen LogP contribution in [0.25, 0.3) is 0 Å². The highest BCUT2D eigenvalue weighted by Crippen LogP contribution is 2.33. The summed E-state index contributed by atoms with van der Waals surface area (Å²) in [6.07, 6.45) is -6.59. The van der Waals surface area contributed by atoms with Gasteiger partial charge in [0, 0.05) is 27.7 Å². The van der Waals surface area contributed by atoms with Crippen molar-refractivity contribution in [1.29, 1.82) is 0 Å². The van der Waals surface area contributed by atoms with Crippen LogP contribution in [-0.4, -0.2) is 76.4 Å². The molecular formula is C25H28BrN3O12. The second kappa shape index (κ2) is 13.5.